The third kappa shape index (κ3) is 5.43. The van der Waals surface area contributed by atoms with Crippen LogP contribution in [-0.4, -0.2) is 30.0 Å². The van der Waals surface area contributed by atoms with Crippen molar-refractivity contribution in [1.82, 2.24) is 0 Å². The van der Waals surface area contributed by atoms with Gasteiger partial charge in [-0.25, -0.2) is 4.79 Å². The summed E-state index contributed by atoms with van der Waals surface area (Å²) in [6, 6.07) is 4.37. The average molecular weight is 461 g/mol. The van der Waals surface area contributed by atoms with E-state index in [1.165, 1.54) is 6.92 Å². The number of benzene rings is 2. The van der Waals surface area contributed by atoms with E-state index in [-0.39, 0.29) is 22.2 Å². The number of esters is 1. The fourth-order valence-corrected chi connectivity index (χ4v) is 2.88. The average Bonchev–Trinajstić information content (AvgIpc) is 2.67. The Labute approximate surface area is 179 Å². The number of anilines is 1. The molecule has 8 nitrogen and oxygen atoms in total. The Morgan fingerprint density at radius 1 is 1.19 bits per heavy atom. The lowest BCUT2D eigenvalue weighted by Crippen LogP contribution is -2.43. The normalized spacial score (nSPS) is 12.1. The molecule has 1 atom stereocenters. The number of carbonyl (C=O) groups is 2. The maximum Gasteiger partial charge on any atom is 0.416 e. The van der Waals surface area contributed by atoms with Gasteiger partial charge in [-0.15, -0.1) is 0 Å². The van der Waals surface area contributed by atoms with Crippen LogP contribution in [0.3, 0.4) is 0 Å². The molecule has 0 bridgehead atoms. The van der Waals surface area contributed by atoms with Crippen molar-refractivity contribution < 1.29 is 37.2 Å². The van der Waals surface area contributed by atoms with Gasteiger partial charge in [0.25, 0.3) is 5.69 Å². The summed E-state index contributed by atoms with van der Waals surface area (Å²) in [7, 11) is 1.08. The quantitative estimate of drug-likeness (QED) is 0.343. The molecule has 166 valence electrons. The lowest BCUT2D eigenvalue weighted by Gasteiger charge is -2.26. The monoisotopic (exact) mass is 460 g/mol. The molecular weight excluding hydrogens is 445 g/mol. The smallest absolute Gasteiger partial charge is 0.416 e. The summed E-state index contributed by atoms with van der Waals surface area (Å²) < 4.78 is 48.9. The highest BCUT2D eigenvalue weighted by Gasteiger charge is 2.33. The van der Waals surface area contributed by atoms with Crippen LogP contribution in [0, 0.1) is 10.1 Å². The second kappa shape index (κ2) is 9.21. The first-order valence-electron chi connectivity index (χ1n) is 8.57. The Morgan fingerprint density at radius 3 is 2.35 bits per heavy atom. The Kier molecular flexibility index (Phi) is 7.11. The predicted molar refractivity (Wildman–Crippen MR) is 104 cm³/mol. The highest BCUT2D eigenvalue weighted by molar-refractivity contribution is 6.32. The first-order chi connectivity index (χ1) is 14.4. The second-order valence-corrected chi connectivity index (χ2v) is 6.65. The van der Waals surface area contributed by atoms with Gasteiger partial charge in [-0.2, -0.15) is 13.2 Å². The van der Waals surface area contributed by atoms with Gasteiger partial charge in [0.2, 0.25) is 5.91 Å². The lowest BCUT2D eigenvalue weighted by molar-refractivity contribution is -0.384. The van der Waals surface area contributed by atoms with Crippen LogP contribution in [0.1, 0.15) is 19.4 Å². The van der Waals surface area contributed by atoms with E-state index in [1.54, 1.807) is 0 Å². The number of nitrogens with zero attached hydrogens (tertiary/aromatic N) is 2. The summed E-state index contributed by atoms with van der Waals surface area (Å²) in [5.74, 6) is -2.05. The molecule has 0 aliphatic heterocycles. The van der Waals surface area contributed by atoms with E-state index >= 15 is 0 Å². The number of methoxy groups -OCH3 is 1. The minimum atomic E-state index is -4.65. The van der Waals surface area contributed by atoms with E-state index in [0.29, 0.717) is 6.07 Å². The Balaban J connectivity index is 2.57. The number of nitro benzene ring substituents is 1. The third-order valence-electron chi connectivity index (χ3n) is 4.16. The van der Waals surface area contributed by atoms with Crippen LogP contribution in [0.15, 0.2) is 36.4 Å². The molecule has 0 spiro atoms. The molecule has 31 heavy (non-hydrogen) atoms. The zero-order valence-electron chi connectivity index (χ0n) is 16.4. The van der Waals surface area contributed by atoms with Crippen LogP contribution in [0.25, 0.3) is 0 Å². The van der Waals surface area contributed by atoms with E-state index in [9.17, 15) is 32.9 Å². The van der Waals surface area contributed by atoms with Gasteiger partial charge in [-0.3, -0.25) is 19.8 Å². The van der Waals surface area contributed by atoms with Crippen molar-refractivity contribution in [2.45, 2.75) is 26.1 Å². The van der Waals surface area contributed by atoms with Crippen LogP contribution in [0.2, 0.25) is 5.02 Å². The number of nitro groups is 1. The van der Waals surface area contributed by atoms with E-state index in [1.807, 2.05) is 0 Å². The summed E-state index contributed by atoms with van der Waals surface area (Å²) in [6.07, 6.45) is -4.65. The number of halogens is 4. The van der Waals surface area contributed by atoms with E-state index < -0.39 is 40.3 Å². The van der Waals surface area contributed by atoms with Crippen LogP contribution in [0.5, 0.6) is 11.5 Å². The standard InChI is InChI=1S/C19H16ClF3N2O6/c1-10(18(27)30-3)24(11(2)26)16-9-13(5-7-15(16)25(28)29)31-17-8-12(19(21,22)23)4-6-14(17)20/h4-10H,1-3H3. The van der Waals surface area contributed by atoms with Crippen molar-refractivity contribution in [2.75, 3.05) is 12.0 Å². The highest BCUT2D eigenvalue weighted by Crippen LogP contribution is 2.39. The topological polar surface area (TPSA) is 99.0 Å². The van der Waals surface area contributed by atoms with E-state index in [2.05, 4.69) is 4.74 Å². The summed E-state index contributed by atoms with van der Waals surface area (Å²) >= 11 is 5.92. The molecule has 0 heterocycles. The van der Waals surface area contributed by atoms with Crippen molar-refractivity contribution >= 4 is 34.9 Å². The third-order valence-corrected chi connectivity index (χ3v) is 4.47. The largest absolute Gasteiger partial charge is 0.467 e. The van der Waals surface area contributed by atoms with Gasteiger partial charge < -0.3 is 9.47 Å². The minimum Gasteiger partial charge on any atom is -0.467 e. The molecule has 2 aromatic carbocycles. The molecule has 0 fully saturated rings. The fourth-order valence-electron chi connectivity index (χ4n) is 2.73. The SMILES string of the molecule is COC(=O)C(C)N(C(C)=O)c1cc(Oc2cc(C(F)(F)F)ccc2Cl)ccc1[N+](=O)[O-]. The molecule has 0 aliphatic rings. The maximum absolute atomic E-state index is 13.0. The molecule has 0 N–H and O–H groups in total. The summed E-state index contributed by atoms with van der Waals surface area (Å²) in [5, 5.41) is 11.3. The van der Waals surface area contributed by atoms with Gasteiger partial charge in [-0.05, 0) is 31.2 Å². The van der Waals surface area contributed by atoms with E-state index in [0.717, 1.165) is 49.3 Å². The highest BCUT2D eigenvalue weighted by atomic mass is 35.5. The molecule has 2 rings (SSSR count). The molecule has 0 aliphatic carbocycles. The first kappa shape index (κ1) is 23.9. The lowest BCUT2D eigenvalue weighted by atomic mass is 10.1. The van der Waals surface area contributed by atoms with E-state index in [4.69, 9.17) is 16.3 Å². The Hall–Kier alpha value is -3.34. The predicted octanol–water partition coefficient (Wildman–Crippen LogP) is 4.97. The maximum atomic E-state index is 13.0. The van der Waals surface area contributed by atoms with Crippen molar-refractivity contribution in [3.63, 3.8) is 0 Å². The van der Waals surface area contributed by atoms with Gasteiger partial charge >= 0.3 is 12.1 Å². The van der Waals surface area contributed by atoms with Crippen LogP contribution in [-0.2, 0) is 20.5 Å². The molecule has 0 radical (unpaired) electrons. The number of alkyl halides is 3. The van der Waals surface area contributed by atoms with Gasteiger partial charge in [0.15, 0.2) is 0 Å². The summed E-state index contributed by atoms with van der Waals surface area (Å²) in [4.78, 5) is 35.6. The Bertz CT molecular complexity index is 1030. The van der Waals surface area contributed by atoms with Gasteiger partial charge in [0.1, 0.15) is 23.2 Å². The van der Waals surface area contributed by atoms with Gasteiger partial charge in [0, 0.05) is 19.1 Å². The molecule has 12 heteroatoms. The molecule has 1 unspecified atom stereocenters. The van der Waals surface area contributed by atoms with Crippen molar-refractivity contribution in [3.8, 4) is 11.5 Å². The van der Waals surface area contributed by atoms with Gasteiger partial charge in [0.05, 0.1) is 22.6 Å². The summed E-state index contributed by atoms with van der Waals surface area (Å²) in [6.45, 7) is 2.38. The molecule has 0 saturated carbocycles. The zero-order chi connectivity index (χ0) is 23.5. The molecular formula is C19H16ClF3N2O6. The van der Waals surface area contributed by atoms with Crippen molar-refractivity contribution in [3.05, 3.63) is 57.1 Å². The number of rotatable bonds is 6. The first-order valence-corrected chi connectivity index (χ1v) is 8.95. The number of hydrogen-bond acceptors (Lipinski definition) is 6. The van der Waals surface area contributed by atoms with Crippen LogP contribution in [0.4, 0.5) is 24.5 Å². The minimum absolute atomic E-state index is 0.140. The van der Waals surface area contributed by atoms with Crippen LogP contribution < -0.4 is 9.64 Å². The van der Waals surface area contributed by atoms with Gasteiger partial charge in [-0.1, -0.05) is 11.6 Å². The van der Waals surface area contributed by atoms with Crippen molar-refractivity contribution in [2.24, 2.45) is 0 Å². The molecule has 2 aromatic rings. The molecule has 1 amide bonds. The Morgan fingerprint density at radius 2 is 1.84 bits per heavy atom. The molecule has 0 saturated heterocycles. The fraction of sp³-hybridized carbons (Fsp3) is 0.263. The number of amides is 1. The zero-order valence-corrected chi connectivity index (χ0v) is 17.2. The number of ether oxygens (including phenoxy) is 2. The number of hydrogen-bond donors (Lipinski definition) is 0. The van der Waals surface area contributed by atoms with Crippen molar-refractivity contribution in [1.29, 1.82) is 0 Å². The molecule has 0 aromatic heterocycles. The summed E-state index contributed by atoms with van der Waals surface area (Å²) in [5.41, 5.74) is -1.86. The van der Waals surface area contributed by atoms with Crippen LogP contribution >= 0.6 is 11.6 Å². The number of carbonyl (C=O) groups excluding carboxylic acids is 2. The second-order valence-electron chi connectivity index (χ2n) is 6.24.